The molecule has 0 N–H and O–H groups in total. The third-order valence-electron chi connectivity index (χ3n) is 5.91. The van der Waals surface area contributed by atoms with Crippen LogP contribution < -0.4 is 5.56 Å². The van der Waals surface area contributed by atoms with Crippen molar-refractivity contribution in [1.82, 2.24) is 24.1 Å². The van der Waals surface area contributed by atoms with Crippen LogP contribution in [0.2, 0.25) is 0 Å². The summed E-state index contributed by atoms with van der Waals surface area (Å²) in [5, 5.41) is 0.464. The first-order valence-corrected chi connectivity index (χ1v) is 10.8. The standard InChI is InChI=1S/C27H21N5O/c1-16-7-6-8-19(12-16)31-15-28-25-23(27(31)33)24-26(30-22-10-5-4-9-21(22)29-24)32(25)20-13-17(2)11-18(3)14-20/h4-15H,1-3H3. The number of hydrogen-bond acceptors (Lipinski definition) is 4. The molecule has 0 unspecified atom stereocenters. The van der Waals surface area contributed by atoms with Gasteiger partial charge in [0.2, 0.25) is 0 Å². The lowest BCUT2D eigenvalue weighted by Crippen LogP contribution is -2.19. The van der Waals surface area contributed by atoms with E-state index < -0.39 is 0 Å². The van der Waals surface area contributed by atoms with Crippen molar-refractivity contribution in [1.29, 1.82) is 0 Å². The Kier molecular flexibility index (Phi) is 4.17. The second kappa shape index (κ2) is 7.10. The molecule has 6 aromatic rings. The highest BCUT2D eigenvalue weighted by atomic mass is 16.1. The minimum Gasteiger partial charge on any atom is -0.276 e. The molecule has 0 amide bonds. The van der Waals surface area contributed by atoms with Crippen molar-refractivity contribution in [2.45, 2.75) is 20.8 Å². The highest BCUT2D eigenvalue weighted by molar-refractivity contribution is 6.05. The Balaban J connectivity index is 1.79. The van der Waals surface area contributed by atoms with Crippen molar-refractivity contribution >= 4 is 33.2 Å². The maximum Gasteiger partial charge on any atom is 0.269 e. The number of fused-ring (bicyclic) bond motifs is 4. The van der Waals surface area contributed by atoms with Crippen LogP contribution in [-0.2, 0) is 0 Å². The largest absolute Gasteiger partial charge is 0.276 e. The van der Waals surface area contributed by atoms with Crippen LogP contribution in [0.15, 0.2) is 77.9 Å². The average Bonchev–Trinajstić information content (AvgIpc) is 3.11. The molecule has 0 atom stereocenters. The van der Waals surface area contributed by atoms with E-state index in [-0.39, 0.29) is 5.56 Å². The van der Waals surface area contributed by atoms with Crippen molar-refractivity contribution in [2.75, 3.05) is 0 Å². The van der Waals surface area contributed by atoms with Crippen molar-refractivity contribution in [3.05, 3.63) is 100 Å². The maximum atomic E-state index is 13.8. The number of rotatable bonds is 2. The molecule has 3 heterocycles. The summed E-state index contributed by atoms with van der Waals surface area (Å²) in [5.41, 5.74) is 8.11. The molecule has 0 saturated carbocycles. The SMILES string of the molecule is Cc1cccc(-n2cnc3c(c2=O)c2nc4ccccc4nc2n3-c2cc(C)cc(C)c2)c1. The van der Waals surface area contributed by atoms with E-state index >= 15 is 0 Å². The van der Waals surface area contributed by atoms with Gasteiger partial charge in [-0.25, -0.2) is 15.0 Å². The van der Waals surface area contributed by atoms with Gasteiger partial charge in [0.1, 0.15) is 17.2 Å². The fourth-order valence-corrected chi connectivity index (χ4v) is 4.52. The molecule has 6 rings (SSSR count). The van der Waals surface area contributed by atoms with E-state index in [0.717, 1.165) is 39.1 Å². The second-order valence-corrected chi connectivity index (χ2v) is 8.52. The Morgan fingerprint density at radius 1 is 0.697 bits per heavy atom. The lowest BCUT2D eigenvalue weighted by molar-refractivity contribution is 0.950. The Morgan fingerprint density at radius 2 is 1.39 bits per heavy atom. The predicted octanol–water partition coefficient (Wildman–Crippen LogP) is 5.20. The molecule has 0 aliphatic heterocycles. The number of hydrogen-bond donors (Lipinski definition) is 0. The zero-order valence-electron chi connectivity index (χ0n) is 18.6. The van der Waals surface area contributed by atoms with Gasteiger partial charge in [-0.3, -0.25) is 13.9 Å². The molecule has 0 aliphatic carbocycles. The minimum atomic E-state index is -0.164. The molecule has 3 aromatic heterocycles. The van der Waals surface area contributed by atoms with Gasteiger partial charge < -0.3 is 0 Å². The van der Waals surface area contributed by atoms with E-state index in [1.54, 1.807) is 10.9 Å². The summed E-state index contributed by atoms with van der Waals surface area (Å²) in [6.45, 7) is 6.12. The van der Waals surface area contributed by atoms with Crippen LogP contribution >= 0.6 is 0 Å². The number of nitrogens with zero attached hydrogens (tertiary/aromatic N) is 5. The molecule has 3 aromatic carbocycles. The van der Waals surface area contributed by atoms with Crippen molar-refractivity contribution in [2.24, 2.45) is 0 Å². The normalized spacial score (nSPS) is 11.6. The Morgan fingerprint density at radius 3 is 2.12 bits per heavy atom. The first-order chi connectivity index (χ1) is 16.0. The van der Waals surface area contributed by atoms with E-state index in [1.165, 1.54) is 0 Å². The fraction of sp³-hybridized carbons (Fsp3) is 0.111. The molecule has 0 aliphatic rings. The van der Waals surface area contributed by atoms with Crippen LogP contribution in [0.4, 0.5) is 0 Å². The first kappa shape index (κ1) is 19.4. The highest BCUT2D eigenvalue weighted by Crippen LogP contribution is 2.29. The molecule has 6 nitrogen and oxygen atoms in total. The van der Waals surface area contributed by atoms with E-state index in [9.17, 15) is 4.79 Å². The van der Waals surface area contributed by atoms with Gasteiger partial charge in [0, 0.05) is 5.69 Å². The molecule has 160 valence electrons. The zero-order chi connectivity index (χ0) is 22.7. The molecule has 6 heteroatoms. The summed E-state index contributed by atoms with van der Waals surface area (Å²) in [7, 11) is 0. The minimum absolute atomic E-state index is 0.164. The van der Waals surface area contributed by atoms with Gasteiger partial charge in [0.05, 0.1) is 16.7 Å². The Labute approximate surface area is 189 Å². The summed E-state index contributed by atoms with van der Waals surface area (Å²) in [6.07, 6.45) is 1.59. The number of benzene rings is 3. The van der Waals surface area contributed by atoms with Crippen molar-refractivity contribution in [3.8, 4) is 11.4 Å². The zero-order valence-corrected chi connectivity index (χ0v) is 18.6. The second-order valence-electron chi connectivity index (χ2n) is 8.52. The topological polar surface area (TPSA) is 65.6 Å². The monoisotopic (exact) mass is 431 g/mol. The maximum absolute atomic E-state index is 13.8. The van der Waals surface area contributed by atoms with E-state index in [1.807, 2.05) is 60.0 Å². The molecule has 33 heavy (non-hydrogen) atoms. The third kappa shape index (κ3) is 3.03. The third-order valence-corrected chi connectivity index (χ3v) is 5.91. The van der Waals surface area contributed by atoms with Gasteiger partial charge in [0.15, 0.2) is 11.3 Å². The van der Waals surface area contributed by atoms with Crippen LogP contribution in [0.25, 0.3) is 44.6 Å². The summed E-state index contributed by atoms with van der Waals surface area (Å²) in [4.78, 5) is 28.4. The van der Waals surface area contributed by atoms with Gasteiger partial charge >= 0.3 is 0 Å². The molecule has 0 bridgehead atoms. The van der Waals surface area contributed by atoms with E-state index in [4.69, 9.17) is 15.0 Å². The Bertz CT molecular complexity index is 1760. The molecule has 0 saturated heterocycles. The average molecular weight is 431 g/mol. The van der Waals surface area contributed by atoms with Gasteiger partial charge in [-0.2, -0.15) is 0 Å². The van der Waals surface area contributed by atoms with Gasteiger partial charge in [-0.15, -0.1) is 0 Å². The van der Waals surface area contributed by atoms with Crippen LogP contribution in [0.3, 0.4) is 0 Å². The van der Waals surface area contributed by atoms with Crippen molar-refractivity contribution in [3.63, 3.8) is 0 Å². The van der Waals surface area contributed by atoms with Crippen LogP contribution in [-0.4, -0.2) is 24.1 Å². The Hall–Kier alpha value is -4.32. The fourth-order valence-electron chi connectivity index (χ4n) is 4.52. The lowest BCUT2D eigenvalue weighted by Gasteiger charge is -2.10. The number of aryl methyl sites for hydroxylation is 3. The van der Waals surface area contributed by atoms with Gasteiger partial charge in [-0.1, -0.05) is 30.3 Å². The molecular formula is C27H21N5O. The van der Waals surface area contributed by atoms with Gasteiger partial charge in [-0.05, 0) is 73.9 Å². The predicted molar refractivity (Wildman–Crippen MR) is 131 cm³/mol. The quantitative estimate of drug-likeness (QED) is 0.378. The first-order valence-electron chi connectivity index (χ1n) is 10.8. The van der Waals surface area contributed by atoms with E-state index in [2.05, 4.69) is 32.0 Å². The smallest absolute Gasteiger partial charge is 0.269 e. The van der Waals surface area contributed by atoms with Crippen LogP contribution in [0.5, 0.6) is 0 Å². The summed E-state index contributed by atoms with van der Waals surface area (Å²) in [5.74, 6) is 0. The van der Waals surface area contributed by atoms with E-state index in [0.29, 0.717) is 22.2 Å². The van der Waals surface area contributed by atoms with Crippen LogP contribution in [0, 0.1) is 20.8 Å². The molecule has 0 fully saturated rings. The van der Waals surface area contributed by atoms with Gasteiger partial charge in [0.25, 0.3) is 5.56 Å². The lowest BCUT2D eigenvalue weighted by atomic mass is 10.1. The highest BCUT2D eigenvalue weighted by Gasteiger charge is 2.21. The van der Waals surface area contributed by atoms with Crippen molar-refractivity contribution < 1.29 is 0 Å². The molecule has 0 radical (unpaired) electrons. The summed E-state index contributed by atoms with van der Waals surface area (Å²) >= 11 is 0. The van der Waals surface area contributed by atoms with Crippen LogP contribution in [0.1, 0.15) is 16.7 Å². The molecular weight excluding hydrogens is 410 g/mol. The number of para-hydroxylation sites is 2. The summed E-state index contributed by atoms with van der Waals surface area (Å²) in [6, 6.07) is 21.8. The molecule has 0 spiro atoms. The number of aromatic nitrogens is 5. The summed E-state index contributed by atoms with van der Waals surface area (Å²) < 4.78 is 3.53.